The molecule has 0 spiro atoms. The Labute approximate surface area is 189 Å². The van der Waals surface area contributed by atoms with Crippen LogP contribution >= 0.6 is 0 Å². The van der Waals surface area contributed by atoms with Gasteiger partial charge < -0.3 is 19.9 Å². The molecule has 0 radical (unpaired) electrons. The first kappa shape index (κ1) is 25.6. The molecule has 0 bridgehead atoms. The van der Waals surface area contributed by atoms with Gasteiger partial charge in [0.25, 0.3) is 0 Å². The molecule has 32 heavy (non-hydrogen) atoms. The highest BCUT2D eigenvalue weighted by atomic mass is 32.2. The monoisotopic (exact) mass is 467 g/mol. The Bertz CT molecular complexity index is 1000. The first-order chi connectivity index (χ1) is 15.0. The number of sulfonamides is 1. The molecule has 0 fully saturated rings. The molecule has 0 amide bonds. The Morgan fingerprint density at radius 2 is 1.69 bits per heavy atom. The number of ether oxygens (including phenoxy) is 2. The van der Waals surface area contributed by atoms with Crippen LogP contribution in [0.5, 0.6) is 11.5 Å². The van der Waals surface area contributed by atoms with Gasteiger partial charge in [0.05, 0.1) is 33.1 Å². The second-order valence-corrected chi connectivity index (χ2v) is 9.89. The molecule has 2 unspecified atom stereocenters. The fraction of sp³-hybridized carbons (Fsp3) is 0.571. The third-order valence-electron chi connectivity index (χ3n) is 4.73. The Morgan fingerprint density at radius 1 is 1.03 bits per heavy atom. The molecule has 1 aromatic carbocycles. The minimum Gasteiger partial charge on any atom is -0.493 e. The van der Waals surface area contributed by atoms with Crippen molar-refractivity contribution in [3.05, 3.63) is 29.6 Å². The molecule has 0 aliphatic carbocycles. The van der Waals surface area contributed by atoms with Gasteiger partial charge in [0.1, 0.15) is 5.82 Å². The van der Waals surface area contributed by atoms with Crippen molar-refractivity contribution >= 4 is 21.9 Å². The number of methoxy groups -OCH3 is 2. The summed E-state index contributed by atoms with van der Waals surface area (Å²) in [5, 5.41) is 12.8. The third kappa shape index (κ3) is 7.79. The molecule has 0 saturated heterocycles. The zero-order valence-corrected chi connectivity index (χ0v) is 20.2. The number of rotatable bonds is 12. The number of anilines is 2. The van der Waals surface area contributed by atoms with Crippen molar-refractivity contribution < 1.29 is 23.0 Å². The summed E-state index contributed by atoms with van der Waals surface area (Å²) >= 11 is 0. The van der Waals surface area contributed by atoms with Crippen LogP contribution in [0, 0.1) is 5.92 Å². The standard InChI is InChI=1S/C21H33N5O5S/c1-13(2)9-16(12-27)22-20-23-19(24-21(25-20)26-32(6,28)29)10-14(3)15-7-8-17(30-4)18(11-15)31-5/h7-8,11,13-14,16,27H,9-10,12H2,1-6H3,(H2,22,23,24,25,26). The summed E-state index contributed by atoms with van der Waals surface area (Å²) in [6.45, 7) is 6.00. The molecule has 0 aliphatic rings. The molecule has 178 valence electrons. The van der Waals surface area contributed by atoms with E-state index >= 15 is 0 Å². The van der Waals surface area contributed by atoms with Gasteiger partial charge in [-0.05, 0) is 36.0 Å². The summed E-state index contributed by atoms with van der Waals surface area (Å²) < 4.78 is 36.4. The zero-order valence-electron chi connectivity index (χ0n) is 19.4. The van der Waals surface area contributed by atoms with Gasteiger partial charge >= 0.3 is 0 Å². The molecule has 10 nitrogen and oxygen atoms in total. The number of hydrogen-bond acceptors (Lipinski definition) is 9. The quantitative estimate of drug-likeness (QED) is 0.430. The fourth-order valence-corrected chi connectivity index (χ4v) is 3.69. The summed E-state index contributed by atoms with van der Waals surface area (Å²) in [7, 11) is -0.415. The van der Waals surface area contributed by atoms with Gasteiger partial charge in [-0.15, -0.1) is 0 Å². The van der Waals surface area contributed by atoms with E-state index in [0.717, 1.165) is 11.8 Å². The second-order valence-electron chi connectivity index (χ2n) is 8.15. The van der Waals surface area contributed by atoms with Crippen LogP contribution in [0.4, 0.5) is 11.9 Å². The van der Waals surface area contributed by atoms with Crippen molar-refractivity contribution in [2.75, 3.05) is 37.1 Å². The predicted octanol–water partition coefficient (Wildman–Crippen LogP) is 2.43. The van der Waals surface area contributed by atoms with Crippen molar-refractivity contribution in [1.82, 2.24) is 15.0 Å². The van der Waals surface area contributed by atoms with Crippen molar-refractivity contribution in [3.8, 4) is 11.5 Å². The fourth-order valence-electron chi connectivity index (χ4n) is 3.27. The average molecular weight is 468 g/mol. The molecular formula is C21H33N5O5S. The van der Waals surface area contributed by atoms with Crippen LogP contribution in [0.25, 0.3) is 0 Å². The summed E-state index contributed by atoms with van der Waals surface area (Å²) in [6.07, 6.45) is 2.17. The molecule has 2 atom stereocenters. The van der Waals surface area contributed by atoms with E-state index in [9.17, 15) is 13.5 Å². The maximum atomic E-state index is 11.7. The van der Waals surface area contributed by atoms with Crippen LogP contribution in [-0.2, 0) is 16.4 Å². The predicted molar refractivity (Wildman–Crippen MR) is 124 cm³/mol. The number of aliphatic hydroxyl groups is 1. The Morgan fingerprint density at radius 3 is 2.25 bits per heavy atom. The first-order valence-electron chi connectivity index (χ1n) is 10.4. The SMILES string of the molecule is COc1ccc(C(C)Cc2nc(NC(CO)CC(C)C)nc(NS(C)(=O)=O)n2)cc1OC. The summed E-state index contributed by atoms with van der Waals surface area (Å²) in [6, 6.07) is 5.40. The summed E-state index contributed by atoms with van der Waals surface area (Å²) in [4.78, 5) is 12.9. The number of nitrogens with zero attached hydrogens (tertiary/aromatic N) is 3. The molecule has 2 aromatic rings. The summed E-state index contributed by atoms with van der Waals surface area (Å²) in [5.41, 5.74) is 0.989. The average Bonchev–Trinajstić information content (AvgIpc) is 2.70. The van der Waals surface area contributed by atoms with E-state index in [0.29, 0.717) is 36.1 Å². The highest BCUT2D eigenvalue weighted by molar-refractivity contribution is 7.91. The van der Waals surface area contributed by atoms with Crippen LogP contribution in [0.15, 0.2) is 18.2 Å². The Hall–Kier alpha value is -2.66. The second kappa shape index (κ2) is 11.3. The maximum absolute atomic E-state index is 11.7. The van der Waals surface area contributed by atoms with E-state index in [1.165, 1.54) is 0 Å². The third-order valence-corrected chi connectivity index (χ3v) is 5.29. The van der Waals surface area contributed by atoms with Crippen LogP contribution in [0.3, 0.4) is 0 Å². The van der Waals surface area contributed by atoms with Crippen molar-refractivity contribution in [2.45, 2.75) is 45.6 Å². The van der Waals surface area contributed by atoms with Gasteiger partial charge in [-0.2, -0.15) is 15.0 Å². The van der Waals surface area contributed by atoms with E-state index in [4.69, 9.17) is 9.47 Å². The van der Waals surface area contributed by atoms with Crippen molar-refractivity contribution in [3.63, 3.8) is 0 Å². The molecular weight excluding hydrogens is 434 g/mol. The Kier molecular flexibility index (Phi) is 9.02. The molecule has 1 aromatic heterocycles. The van der Waals surface area contributed by atoms with Gasteiger partial charge in [0, 0.05) is 6.42 Å². The van der Waals surface area contributed by atoms with Gasteiger partial charge in [0.15, 0.2) is 11.5 Å². The normalized spacial score (nSPS) is 13.5. The smallest absolute Gasteiger partial charge is 0.241 e. The van der Waals surface area contributed by atoms with Crippen molar-refractivity contribution in [1.29, 1.82) is 0 Å². The number of aromatic nitrogens is 3. The molecule has 11 heteroatoms. The van der Waals surface area contributed by atoms with E-state index < -0.39 is 10.0 Å². The van der Waals surface area contributed by atoms with Crippen LogP contribution in [-0.4, -0.2) is 61.6 Å². The summed E-state index contributed by atoms with van der Waals surface area (Å²) in [5.74, 6) is 2.15. The highest BCUT2D eigenvalue weighted by Crippen LogP contribution is 2.31. The van der Waals surface area contributed by atoms with Crippen LogP contribution in [0.2, 0.25) is 0 Å². The van der Waals surface area contributed by atoms with Gasteiger partial charge in [-0.1, -0.05) is 26.8 Å². The number of nitrogens with one attached hydrogen (secondary N) is 2. The lowest BCUT2D eigenvalue weighted by molar-refractivity contribution is 0.259. The lowest BCUT2D eigenvalue weighted by Crippen LogP contribution is -2.27. The molecule has 1 heterocycles. The van der Waals surface area contributed by atoms with Crippen LogP contribution in [0.1, 0.15) is 44.5 Å². The van der Waals surface area contributed by atoms with E-state index in [-0.39, 0.29) is 30.5 Å². The van der Waals surface area contributed by atoms with E-state index in [2.05, 4.69) is 25.0 Å². The molecule has 3 N–H and O–H groups in total. The topological polar surface area (TPSA) is 136 Å². The highest BCUT2D eigenvalue weighted by Gasteiger charge is 2.18. The lowest BCUT2D eigenvalue weighted by atomic mass is 9.97. The van der Waals surface area contributed by atoms with Gasteiger partial charge in [-0.3, -0.25) is 4.72 Å². The van der Waals surface area contributed by atoms with Gasteiger partial charge in [0.2, 0.25) is 21.9 Å². The Balaban J connectivity index is 2.33. The minimum absolute atomic E-state index is 0.000410. The maximum Gasteiger partial charge on any atom is 0.241 e. The number of benzene rings is 1. The first-order valence-corrected chi connectivity index (χ1v) is 12.3. The van der Waals surface area contributed by atoms with E-state index in [1.807, 2.05) is 39.0 Å². The molecule has 0 saturated carbocycles. The minimum atomic E-state index is -3.57. The lowest BCUT2D eigenvalue weighted by Gasteiger charge is -2.19. The molecule has 0 aliphatic heterocycles. The number of hydrogen-bond donors (Lipinski definition) is 3. The largest absolute Gasteiger partial charge is 0.493 e. The molecule has 2 rings (SSSR count). The van der Waals surface area contributed by atoms with Gasteiger partial charge in [-0.25, -0.2) is 8.42 Å². The van der Waals surface area contributed by atoms with Crippen LogP contribution < -0.4 is 19.5 Å². The van der Waals surface area contributed by atoms with E-state index in [1.54, 1.807) is 14.2 Å². The van der Waals surface area contributed by atoms with Crippen molar-refractivity contribution in [2.24, 2.45) is 5.92 Å². The number of aliphatic hydroxyl groups excluding tert-OH is 1. The zero-order chi connectivity index (χ0) is 23.9.